The van der Waals surface area contributed by atoms with E-state index >= 15 is 0 Å². The lowest BCUT2D eigenvalue weighted by molar-refractivity contribution is 0.111. The molecular weight excluding hydrogens is 174 g/mol. The summed E-state index contributed by atoms with van der Waals surface area (Å²) in [5.41, 5.74) is 0.627. The Bertz CT molecular complexity index is 198. The van der Waals surface area contributed by atoms with Gasteiger partial charge >= 0.3 is 0 Å². The van der Waals surface area contributed by atoms with E-state index in [-0.39, 0.29) is 0 Å². The van der Waals surface area contributed by atoms with Gasteiger partial charge < -0.3 is 10.1 Å². The maximum absolute atomic E-state index is 5.55. The molecule has 1 aliphatic carbocycles. The minimum Gasteiger partial charge on any atom is -0.377 e. The maximum atomic E-state index is 5.55. The van der Waals surface area contributed by atoms with E-state index in [1.807, 2.05) is 0 Å². The monoisotopic (exact) mass is 197 g/mol. The zero-order valence-electron chi connectivity index (χ0n) is 9.68. The SMILES string of the molecule is CC1OCCC1NCC1(C(C)C)CC1. The Morgan fingerprint density at radius 3 is 2.57 bits per heavy atom. The van der Waals surface area contributed by atoms with Gasteiger partial charge in [0.1, 0.15) is 0 Å². The minimum atomic E-state index is 0.415. The molecule has 0 amide bonds. The van der Waals surface area contributed by atoms with Crippen LogP contribution < -0.4 is 5.32 Å². The van der Waals surface area contributed by atoms with Crippen molar-refractivity contribution in [1.82, 2.24) is 5.32 Å². The van der Waals surface area contributed by atoms with Crippen molar-refractivity contribution in [3.8, 4) is 0 Å². The van der Waals surface area contributed by atoms with Crippen LogP contribution in [0.1, 0.15) is 40.0 Å². The first-order valence-electron chi connectivity index (χ1n) is 5.99. The summed E-state index contributed by atoms with van der Waals surface area (Å²) < 4.78 is 5.55. The Morgan fingerprint density at radius 1 is 1.43 bits per heavy atom. The molecule has 1 saturated carbocycles. The van der Waals surface area contributed by atoms with E-state index in [9.17, 15) is 0 Å². The lowest BCUT2D eigenvalue weighted by Crippen LogP contribution is -2.39. The molecule has 0 aromatic heterocycles. The summed E-state index contributed by atoms with van der Waals surface area (Å²) in [6.45, 7) is 9.02. The second kappa shape index (κ2) is 3.82. The highest BCUT2D eigenvalue weighted by Crippen LogP contribution is 2.51. The molecule has 2 unspecified atom stereocenters. The molecule has 2 nitrogen and oxygen atoms in total. The molecule has 2 rings (SSSR count). The molecule has 0 radical (unpaired) electrons. The predicted octanol–water partition coefficient (Wildman–Crippen LogP) is 2.19. The van der Waals surface area contributed by atoms with Crippen LogP contribution in [0.5, 0.6) is 0 Å². The summed E-state index contributed by atoms with van der Waals surface area (Å²) in [4.78, 5) is 0. The van der Waals surface area contributed by atoms with E-state index in [0.717, 1.165) is 12.5 Å². The van der Waals surface area contributed by atoms with Crippen LogP contribution >= 0.6 is 0 Å². The van der Waals surface area contributed by atoms with Crippen molar-refractivity contribution in [3.63, 3.8) is 0 Å². The number of ether oxygens (including phenoxy) is 1. The number of hydrogen-bond donors (Lipinski definition) is 1. The van der Waals surface area contributed by atoms with Gasteiger partial charge in [-0.25, -0.2) is 0 Å². The minimum absolute atomic E-state index is 0.415. The molecule has 1 saturated heterocycles. The topological polar surface area (TPSA) is 21.3 Å². The van der Waals surface area contributed by atoms with E-state index in [1.54, 1.807) is 0 Å². The molecule has 0 aromatic carbocycles. The highest BCUT2D eigenvalue weighted by atomic mass is 16.5. The van der Waals surface area contributed by atoms with Crippen molar-refractivity contribution in [3.05, 3.63) is 0 Å². The largest absolute Gasteiger partial charge is 0.377 e. The van der Waals surface area contributed by atoms with Gasteiger partial charge in [-0.05, 0) is 37.5 Å². The fraction of sp³-hybridized carbons (Fsp3) is 1.00. The van der Waals surface area contributed by atoms with Gasteiger partial charge in [-0.3, -0.25) is 0 Å². The molecule has 1 N–H and O–H groups in total. The van der Waals surface area contributed by atoms with E-state index in [2.05, 4.69) is 26.1 Å². The molecule has 2 atom stereocenters. The van der Waals surface area contributed by atoms with E-state index < -0.39 is 0 Å². The van der Waals surface area contributed by atoms with E-state index in [1.165, 1.54) is 25.8 Å². The van der Waals surface area contributed by atoms with Crippen molar-refractivity contribution < 1.29 is 4.74 Å². The van der Waals surface area contributed by atoms with Gasteiger partial charge in [0.05, 0.1) is 6.10 Å². The first kappa shape index (κ1) is 10.4. The standard InChI is InChI=1S/C12H23NO/c1-9(2)12(5-6-12)8-13-11-4-7-14-10(11)3/h9-11,13H,4-8H2,1-3H3. The molecule has 1 aliphatic heterocycles. The molecule has 2 fully saturated rings. The molecule has 14 heavy (non-hydrogen) atoms. The zero-order valence-corrected chi connectivity index (χ0v) is 9.68. The summed E-state index contributed by atoms with van der Waals surface area (Å²) in [6, 6.07) is 0.603. The second-order valence-electron chi connectivity index (χ2n) is 5.37. The molecule has 2 heteroatoms. The quantitative estimate of drug-likeness (QED) is 0.746. The van der Waals surface area contributed by atoms with E-state index in [0.29, 0.717) is 17.6 Å². The maximum Gasteiger partial charge on any atom is 0.0700 e. The molecule has 82 valence electrons. The number of rotatable bonds is 4. The summed E-state index contributed by atoms with van der Waals surface area (Å²) >= 11 is 0. The zero-order chi connectivity index (χ0) is 10.2. The number of hydrogen-bond acceptors (Lipinski definition) is 2. The lowest BCUT2D eigenvalue weighted by Gasteiger charge is -2.24. The Labute approximate surface area is 87.4 Å². The highest BCUT2D eigenvalue weighted by Gasteiger charge is 2.45. The van der Waals surface area contributed by atoms with Crippen LogP contribution in [0.25, 0.3) is 0 Å². The second-order valence-corrected chi connectivity index (χ2v) is 5.37. The molecule has 0 bridgehead atoms. The highest BCUT2D eigenvalue weighted by molar-refractivity contribution is 4.98. The normalized spacial score (nSPS) is 35.1. The first-order chi connectivity index (χ1) is 6.64. The molecule has 1 heterocycles. The molecular formula is C12H23NO. The van der Waals surface area contributed by atoms with Crippen molar-refractivity contribution in [1.29, 1.82) is 0 Å². The van der Waals surface area contributed by atoms with Crippen molar-refractivity contribution in [2.75, 3.05) is 13.2 Å². The third kappa shape index (κ3) is 1.96. The van der Waals surface area contributed by atoms with Crippen LogP contribution in [0.4, 0.5) is 0 Å². The van der Waals surface area contributed by atoms with E-state index in [4.69, 9.17) is 4.74 Å². The summed E-state index contributed by atoms with van der Waals surface area (Å²) in [5.74, 6) is 0.827. The van der Waals surface area contributed by atoms with Gasteiger partial charge in [-0.2, -0.15) is 0 Å². The molecule has 0 spiro atoms. The average molecular weight is 197 g/mol. The lowest BCUT2D eigenvalue weighted by atomic mass is 9.92. The summed E-state index contributed by atoms with van der Waals surface area (Å²) in [7, 11) is 0. The van der Waals surface area contributed by atoms with Gasteiger partial charge in [0.2, 0.25) is 0 Å². The van der Waals surface area contributed by atoms with Crippen LogP contribution in [0.2, 0.25) is 0 Å². The average Bonchev–Trinajstić information content (AvgIpc) is 2.83. The molecule has 0 aromatic rings. The third-order valence-electron chi connectivity index (χ3n) is 4.21. The van der Waals surface area contributed by atoms with Crippen molar-refractivity contribution in [2.24, 2.45) is 11.3 Å². The Hall–Kier alpha value is -0.0800. The predicted molar refractivity (Wildman–Crippen MR) is 58.3 cm³/mol. The fourth-order valence-electron chi connectivity index (χ4n) is 2.45. The summed E-state index contributed by atoms with van der Waals surface area (Å²) in [5, 5.41) is 3.69. The Morgan fingerprint density at radius 2 is 2.14 bits per heavy atom. The number of nitrogens with one attached hydrogen (secondary N) is 1. The molecule has 2 aliphatic rings. The smallest absolute Gasteiger partial charge is 0.0700 e. The van der Waals surface area contributed by atoms with Crippen molar-refractivity contribution >= 4 is 0 Å². The van der Waals surface area contributed by atoms with Crippen LogP contribution in [0.3, 0.4) is 0 Å². The van der Waals surface area contributed by atoms with Gasteiger partial charge in [-0.15, -0.1) is 0 Å². The van der Waals surface area contributed by atoms with Crippen LogP contribution in [-0.4, -0.2) is 25.3 Å². The van der Waals surface area contributed by atoms with Crippen LogP contribution in [-0.2, 0) is 4.74 Å². The van der Waals surface area contributed by atoms with Crippen molar-refractivity contribution in [2.45, 2.75) is 52.2 Å². The third-order valence-corrected chi connectivity index (χ3v) is 4.21. The van der Waals surface area contributed by atoms with Gasteiger partial charge in [0, 0.05) is 19.2 Å². The fourth-order valence-corrected chi connectivity index (χ4v) is 2.45. The summed E-state index contributed by atoms with van der Waals surface area (Å²) in [6.07, 6.45) is 4.44. The van der Waals surface area contributed by atoms with Gasteiger partial charge in [-0.1, -0.05) is 13.8 Å². The first-order valence-corrected chi connectivity index (χ1v) is 5.99. The van der Waals surface area contributed by atoms with Crippen LogP contribution in [0, 0.1) is 11.3 Å². The van der Waals surface area contributed by atoms with Crippen LogP contribution in [0.15, 0.2) is 0 Å². The Kier molecular flexibility index (Phi) is 2.85. The van der Waals surface area contributed by atoms with Gasteiger partial charge in [0.25, 0.3) is 0 Å². The van der Waals surface area contributed by atoms with Gasteiger partial charge in [0.15, 0.2) is 0 Å². The Balaban J connectivity index is 1.77.